The van der Waals surface area contributed by atoms with E-state index in [4.69, 9.17) is 23.7 Å². The Morgan fingerprint density at radius 2 is 0.689 bits per heavy atom. The van der Waals surface area contributed by atoms with Crippen LogP contribution in [0.4, 0.5) is 51.7 Å². The molecule has 0 bridgehead atoms. The highest BCUT2D eigenvalue weighted by Crippen LogP contribution is 2.53. The summed E-state index contributed by atoms with van der Waals surface area (Å²) in [7, 11) is 0. The minimum absolute atomic E-state index is 0.110. The van der Waals surface area contributed by atoms with Gasteiger partial charge in [-0.15, -0.1) is 0 Å². The standard InChI is InChI=1S/C68H56N2.C12F4N4/c1-45-41-52(42-46(2)66(45)70(55-35-27-50(28-36-55)48-19-11-8-12-20-48)57-38-40-61-59-22-14-16-24-63(59)68(5,6)65(61)44-57)51-29-33-54(34-30-51)69(53-31-25-49(26-32-53)47-17-9-7-10-18-47)56-37-39-60-58-21-13-15-23-62(58)67(3,4)64(60)43-56;1-19-12(20-2)7-10(15)8(13)6(5(3-17)4-18)9(14)11(7)16/h7-44H,1-6H3;. The minimum Gasteiger partial charge on any atom is -0.310 e. The number of rotatable bonds is 9. The summed E-state index contributed by atoms with van der Waals surface area (Å²) in [6.07, 6.45) is 0. The first-order valence-electron chi connectivity index (χ1n) is 29.3. The number of fused-ring (bicyclic) bond motifs is 6. The fourth-order valence-electron chi connectivity index (χ4n) is 13.0. The number of hydrogen-bond donors (Lipinski definition) is 0. The monoisotopic (exact) mass is 1180 g/mol. The van der Waals surface area contributed by atoms with Crippen LogP contribution >= 0.6 is 0 Å². The van der Waals surface area contributed by atoms with Crippen molar-refractivity contribution in [2.24, 2.45) is 0 Å². The third-order valence-corrected chi connectivity index (χ3v) is 17.5. The summed E-state index contributed by atoms with van der Waals surface area (Å²) in [6.45, 7) is 27.0. The van der Waals surface area contributed by atoms with E-state index >= 15 is 0 Å². The number of anilines is 6. The van der Waals surface area contributed by atoms with Crippen molar-refractivity contribution in [1.29, 1.82) is 10.5 Å². The van der Waals surface area contributed by atoms with E-state index < -0.39 is 45.1 Å². The van der Waals surface area contributed by atoms with Crippen molar-refractivity contribution >= 4 is 45.5 Å². The predicted octanol–water partition coefficient (Wildman–Crippen LogP) is 20.2. The maximum absolute atomic E-state index is 13.6. The summed E-state index contributed by atoms with van der Waals surface area (Å²) in [5.41, 5.74) is 25.9. The normalized spacial score (nSPS) is 12.5. The van der Waals surface area contributed by atoms with Crippen LogP contribution in [0.15, 0.2) is 231 Å². The van der Waals surface area contributed by atoms with E-state index in [-0.39, 0.29) is 10.8 Å². The lowest BCUT2D eigenvalue weighted by Crippen LogP contribution is -2.30. The van der Waals surface area contributed by atoms with Gasteiger partial charge in [-0.25, -0.2) is 17.6 Å². The molecule has 0 N–H and O–H groups in total. The quantitative estimate of drug-likeness (QED) is 0.0821. The largest absolute Gasteiger partial charge is 0.532 e. The van der Waals surface area contributed by atoms with E-state index in [0.29, 0.717) is 0 Å². The number of hydrogen-bond acceptors (Lipinski definition) is 4. The lowest BCUT2D eigenvalue weighted by molar-refractivity contribution is 0.434. The number of halogens is 4. The molecule has 0 spiro atoms. The van der Waals surface area contributed by atoms with Gasteiger partial charge < -0.3 is 9.80 Å². The summed E-state index contributed by atoms with van der Waals surface area (Å²) in [5, 5.41) is 14.0. The van der Waals surface area contributed by atoms with Crippen LogP contribution in [0.25, 0.3) is 76.7 Å². The molecule has 10 heteroatoms. The first kappa shape index (κ1) is 58.8. The van der Waals surface area contributed by atoms with E-state index in [1.54, 1.807) is 0 Å². The molecule has 0 atom stereocenters. The third-order valence-electron chi connectivity index (χ3n) is 17.5. The van der Waals surface area contributed by atoms with Crippen molar-refractivity contribution in [3.8, 4) is 67.8 Å². The molecule has 0 unspecified atom stereocenters. The van der Waals surface area contributed by atoms with E-state index in [1.165, 1.54) is 94.7 Å². The second kappa shape index (κ2) is 23.6. The highest BCUT2D eigenvalue weighted by atomic mass is 19.2. The Labute approximate surface area is 521 Å². The zero-order chi connectivity index (χ0) is 63.2. The van der Waals surface area contributed by atoms with Gasteiger partial charge in [-0.3, -0.25) is 0 Å². The van der Waals surface area contributed by atoms with Gasteiger partial charge >= 0.3 is 5.82 Å². The molecule has 0 aromatic heterocycles. The van der Waals surface area contributed by atoms with Crippen LogP contribution in [0.5, 0.6) is 0 Å². The molecule has 0 saturated heterocycles. The molecule has 2 aliphatic rings. The SMILES string of the molecule is Cc1cc(-c2ccc(N(c3ccc(-c4ccccc4)cc3)c3ccc4c(c3)C(C)(C)c3ccccc3-4)cc2)cc(C)c1N(c1ccc(-c2ccccc2)cc1)c1ccc2c(c1)C(C)(C)c1ccccc1-2.[C-]#[N+]C([N+]#[C-])=c1c(F)c(F)c(=C(C#N)C#N)c(F)c1F. The average molecular weight is 1180 g/mol. The van der Waals surface area contributed by atoms with Gasteiger partial charge in [-0.1, -0.05) is 185 Å². The molecule has 0 aliphatic heterocycles. The Bertz CT molecular complexity index is 4820. The molecule has 0 fully saturated rings. The lowest BCUT2D eigenvalue weighted by atomic mass is 9.82. The van der Waals surface area contributed by atoms with Crippen LogP contribution in [0.3, 0.4) is 0 Å². The van der Waals surface area contributed by atoms with Crippen molar-refractivity contribution in [2.75, 3.05) is 9.80 Å². The van der Waals surface area contributed by atoms with Gasteiger partial charge in [0, 0.05) is 39.3 Å². The molecule has 11 aromatic rings. The molecular weight excluding hydrogens is 1120 g/mol. The summed E-state index contributed by atoms with van der Waals surface area (Å²) in [6, 6.07) is 87.4. The third kappa shape index (κ3) is 10.2. The molecule has 90 heavy (non-hydrogen) atoms. The molecule has 6 nitrogen and oxygen atoms in total. The Kier molecular flexibility index (Phi) is 15.4. The molecule has 0 heterocycles. The van der Waals surface area contributed by atoms with Gasteiger partial charge in [0.25, 0.3) is 0 Å². The number of benzene rings is 11. The Hall–Kier alpha value is -11.6. The van der Waals surface area contributed by atoms with E-state index in [0.717, 1.165) is 40.6 Å². The predicted molar refractivity (Wildman–Crippen MR) is 353 cm³/mol. The first-order valence-corrected chi connectivity index (χ1v) is 29.3. The van der Waals surface area contributed by atoms with Crippen molar-refractivity contribution in [2.45, 2.75) is 52.4 Å². The highest BCUT2D eigenvalue weighted by molar-refractivity contribution is 5.90. The topological polar surface area (TPSA) is 62.8 Å². The molecular formula is C80H56F4N6. The summed E-state index contributed by atoms with van der Waals surface area (Å²) < 4.78 is 54.6. The van der Waals surface area contributed by atoms with Crippen LogP contribution in [-0.2, 0) is 10.8 Å². The summed E-state index contributed by atoms with van der Waals surface area (Å²) in [4.78, 5) is 9.80. The fraction of sp³-hybridized carbons (Fsp3) is 0.100. The van der Waals surface area contributed by atoms with E-state index in [1.807, 2.05) is 0 Å². The van der Waals surface area contributed by atoms with Gasteiger partial charge in [0.2, 0.25) is 0 Å². The second-order valence-corrected chi connectivity index (χ2v) is 23.5. The van der Waals surface area contributed by atoms with Gasteiger partial charge in [-0.05, 0) is 176 Å². The maximum atomic E-state index is 13.6. The van der Waals surface area contributed by atoms with E-state index in [9.17, 15) is 17.6 Å². The van der Waals surface area contributed by atoms with Crippen molar-refractivity contribution in [3.05, 3.63) is 320 Å². The zero-order valence-corrected chi connectivity index (χ0v) is 50.1. The smallest absolute Gasteiger partial charge is 0.310 e. The molecule has 0 radical (unpaired) electrons. The van der Waals surface area contributed by atoms with Gasteiger partial charge in [0.05, 0.1) is 10.9 Å². The summed E-state index contributed by atoms with van der Waals surface area (Å²) in [5.74, 6) is -9.25. The second-order valence-electron chi connectivity index (χ2n) is 23.5. The van der Waals surface area contributed by atoms with Crippen LogP contribution in [-0.4, -0.2) is 0 Å². The lowest BCUT2D eigenvalue weighted by Gasteiger charge is -2.31. The minimum atomic E-state index is -2.01. The van der Waals surface area contributed by atoms with Gasteiger partial charge in [0.1, 0.15) is 36.1 Å². The number of nitriles is 2. The maximum Gasteiger partial charge on any atom is 0.532 e. The van der Waals surface area contributed by atoms with E-state index in [2.05, 4.69) is 292 Å². The number of nitrogens with zero attached hydrogens (tertiary/aromatic N) is 6. The van der Waals surface area contributed by atoms with Crippen LogP contribution in [0.2, 0.25) is 0 Å². The summed E-state index contributed by atoms with van der Waals surface area (Å²) >= 11 is 0. The zero-order valence-electron chi connectivity index (χ0n) is 50.1. The number of aryl methyl sites for hydroxylation is 2. The van der Waals surface area contributed by atoms with Crippen molar-refractivity contribution < 1.29 is 17.6 Å². The molecule has 13 rings (SSSR count). The van der Waals surface area contributed by atoms with Crippen molar-refractivity contribution in [3.63, 3.8) is 0 Å². The van der Waals surface area contributed by atoms with Gasteiger partial charge in [0.15, 0.2) is 23.3 Å². The van der Waals surface area contributed by atoms with Crippen LogP contribution in [0, 0.1) is 72.9 Å². The van der Waals surface area contributed by atoms with Gasteiger partial charge in [-0.2, -0.15) is 20.2 Å². The Morgan fingerprint density at radius 3 is 1.09 bits per heavy atom. The highest BCUT2D eigenvalue weighted by Gasteiger charge is 2.38. The Balaban J connectivity index is 0.000000337. The molecule has 434 valence electrons. The molecule has 2 aliphatic carbocycles. The first-order chi connectivity index (χ1) is 43.5. The van der Waals surface area contributed by atoms with Crippen LogP contribution in [0.1, 0.15) is 61.1 Å². The average Bonchev–Trinajstić information content (AvgIpc) is 1.59. The molecule has 0 amide bonds. The van der Waals surface area contributed by atoms with Crippen LogP contribution < -0.4 is 20.2 Å². The fourth-order valence-corrected chi connectivity index (χ4v) is 13.0. The van der Waals surface area contributed by atoms with Crippen molar-refractivity contribution in [1.82, 2.24) is 0 Å². The Morgan fingerprint density at radius 1 is 0.367 bits per heavy atom. The molecule has 11 aromatic carbocycles. The molecule has 0 saturated carbocycles.